The zero-order valence-electron chi connectivity index (χ0n) is 14.3. The Bertz CT molecular complexity index is 1050. The second-order valence-electron chi connectivity index (χ2n) is 5.98. The maximum atomic E-state index is 13.3. The maximum absolute atomic E-state index is 13.3. The first kappa shape index (κ1) is 16.7. The van der Waals surface area contributed by atoms with Crippen LogP contribution in [0.1, 0.15) is 16.1 Å². The van der Waals surface area contributed by atoms with Crippen LogP contribution < -0.4 is 5.32 Å². The second-order valence-corrected chi connectivity index (χ2v) is 5.98. The lowest BCUT2D eigenvalue weighted by molar-refractivity contribution is 0.0945. The summed E-state index contributed by atoms with van der Waals surface area (Å²) in [5, 5.41) is 13.9. The summed E-state index contributed by atoms with van der Waals surface area (Å²) in [4.78, 5) is 12.3. The minimum Gasteiger partial charge on any atom is -0.347 e. The van der Waals surface area contributed by atoms with Gasteiger partial charge in [0.25, 0.3) is 5.91 Å². The van der Waals surface area contributed by atoms with E-state index in [1.807, 2.05) is 30.3 Å². The van der Waals surface area contributed by atoms with Crippen LogP contribution in [0.4, 0.5) is 4.39 Å². The quantitative estimate of drug-likeness (QED) is 0.572. The number of hydrogen-bond donors (Lipinski definition) is 2. The Labute approximate surface area is 154 Å². The molecule has 2 aromatic heterocycles. The number of nitrogens with zero attached hydrogens (tertiary/aromatic N) is 3. The Balaban J connectivity index is 1.40. The topological polar surface area (TPSA) is 75.6 Å². The van der Waals surface area contributed by atoms with Crippen LogP contribution in [-0.2, 0) is 6.54 Å². The number of halogens is 1. The first-order valence-electron chi connectivity index (χ1n) is 8.37. The van der Waals surface area contributed by atoms with Gasteiger partial charge in [-0.3, -0.25) is 9.89 Å². The number of amides is 1. The molecule has 0 bridgehead atoms. The normalized spacial score (nSPS) is 10.7. The molecular weight excluding hydrogens is 345 g/mol. The van der Waals surface area contributed by atoms with Crippen molar-refractivity contribution in [3.05, 3.63) is 90.1 Å². The molecule has 134 valence electrons. The van der Waals surface area contributed by atoms with Gasteiger partial charge in [-0.25, -0.2) is 9.07 Å². The van der Waals surface area contributed by atoms with Crippen molar-refractivity contribution in [2.24, 2.45) is 0 Å². The highest BCUT2D eigenvalue weighted by atomic mass is 19.1. The number of aromatic nitrogens is 4. The third-order valence-electron chi connectivity index (χ3n) is 4.11. The molecule has 1 amide bonds. The number of rotatable bonds is 5. The van der Waals surface area contributed by atoms with E-state index in [1.165, 1.54) is 16.8 Å². The summed E-state index contributed by atoms with van der Waals surface area (Å²) in [6, 6.07) is 17.4. The fourth-order valence-corrected chi connectivity index (χ4v) is 2.70. The van der Waals surface area contributed by atoms with Crippen molar-refractivity contribution in [2.75, 3.05) is 0 Å². The van der Waals surface area contributed by atoms with Gasteiger partial charge in [-0.15, -0.1) is 0 Å². The summed E-state index contributed by atoms with van der Waals surface area (Å²) in [6.45, 7) is 0.384. The third kappa shape index (κ3) is 3.77. The minimum atomic E-state index is -0.354. The Kier molecular flexibility index (Phi) is 4.49. The van der Waals surface area contributed by atoms with Crippen molar-refractivity contribution >= 4 is 5.91 Å². The summed E-state index contributed by atoms with van der Waals surface area (Å²) in [5.74, 6) is -0.643. The molecular formula is C20H16FN5O. The molecule has 2 N–H and O–H groups in total. The van der Waals surface area contributed by atoms with Crippen LogP contribution in [-0.4, -0.2) is 25.9 Å². The van der Waals surface area contributed by atoms with E-state index in [0.717, 1.165) is 16.8 Å². The van der Waals surface area contributed by atoms with E-state index < -0.39 is 0 Å². The van der Waals surface area contributed by atoms with Crippen LogP contribution in [0.15, 0.2) is 73.1 Å². The molecule has 0 aliphatic carbocycles. The zero-order chi connectivity index (χ0) is 18.6. The minimum absolute atomic E-state index is 0.272. The van der Waals surface area contributed by atoms with Gasteiger partial charge in [0.05, 0.1) is 11.4 Å². The van der Waals surface area contributed by atoms with Crippen LogP contribution in [0.2, 0.25) is 0 Å². The summed E-state index contributed by atoms with van der Waals surface area (Å²) in [5.41, 5.74) is 3.76. The molecule has 2 heterocycles. The predicted molar refractivity (Wildman–Crippen MR) is 98.7 cm³/mol. The van der Waals surface area contributed by atoms with Crippen LogP contribution >= 0.6 is 0 Å². The Morgan fingerprint density at radius 3 is 2.70 bits per heavy atom. The van der Waals surface area contributed by atoms with Crippen molar-refractivity contribution < 1.29 is 9.18 Å². The first-order chi connectivity index (χ1) is 13.2. The van der Waals surface area contributed by atoms with E-state index in [4.69, 9.17) is 0 Å². The van der Waals surface area contributed by atoms with Crippen LogP contribution in [0.3, 0.4) is 0 Å². The summed E-state index contributed by atoms with van der Waals surface area (Å²) >= 11 is 0. The van der Waals surface area contributed by atoms with Crippen molar-refractivity contribution in [3.63, 3.8) is 0 Å². The lowest BCUT2D eigenvalue weighted by atomic mass is 10.1. The number of carbonyl (C=O) groups excluding carboxylic acids is 1. The second kappa shape index (κ2) is 7.25. The van der Waals surface area contributed by atoms with Gasteiger partial charge in [-0.1, -0.05) is 30.3 Å². The molecule has 4 rings (SSSR count). The molecule has 2 aromatic carbocycles. The lowest BCUT2D eigenvalue weighted by Gasteiger charge is -2.05. The molecule has 0 unspecified atom stereocenters. The van der Waals surface area contributed by atoms with E-state index in [0.29, 0.717) is 12.2 Å². The highest BCUT2D eigenvalue weighted by Crippen LogP contribution is 2.16. The SMILES string of the molecule is O=C(NCc1ccc(-c2ccn[nH]2)cc1)c1ccn(-c2cccc(F)c2)n1. The molecule has 0 aliphatic heterocycles. The number of carbonyl (C=O) groups is 1. The molecule has 27 heavy (non-hydrogen) atoms. The highest BCUT2D eigenvalue weighted by Gasteiger charge is 2.10. The molecule has 6 nitrogen and oxygen atoms in total. The van der Waals surface area contributed by atoms with Crippen LogP contribution in [0.5, 0.6) is 0 Å². The highest BCUT2D eigenvalue weighted by molar-refractivity contribution is 5.92. The van der Waals surface area contributed by atoms with Gasteiger partial charge in [0, 0.05) is 18.9 Å². The molecule has 0 saturated carbocycles. The average molecular weight is 361 g/mol. The molecule has 4 aromatic rings. The zero-order valence-corrected chi connectivity index (χ0v) is 14.3. The van der Waals surface area contributed by atoms with Gasteiger partial charge < -0.3 is 5.32 Å². The number of benzene rings is 2. The number of nitrogens with one attached hydrogen (secondary N) is 2. The van der Waals surface area contributed by atoms with E-state index in [2.05, 4.69) is 20.6 Å². The van der Waals surface area contributed by atoms with Gasteiger partial charge >= 0.3 is 0 Å². The summed E-state index contributed by atoms with van der Waals surface area (Å²) in [7, 11) is 0. The van der Waals surface area contributed by atoms with Gasteiger partial charge in [0.2, 0.25) is 0 Å². The summed E-state index contributed by atoms with van der Waals surface area (Å²) < 4.78 is 14.8. The van der Waals surface area contributed by atoms with E-state index in [-0.39, 0.29) is 17.4 Å². The van der Waals surface area contributed by atoms with Crippen molar-refractivity contribution in [3.8, 4) is 16.9 Å². The fourth-order valence-electron chi connectivity index (χ4n) is 2.70. The van der Waals surface area contributed by atoms with E-state index >= 15 is 0 Å². The molecule has 7 heteroatoms. The predicted octanol–water partition coefficient (Wildman–Crippen LogP) is 3.33. The molecule has 0 atom stereocenters. The van der Waals surface area contributed by atoms with Crippen LogP contribution in [0.25, 0.3) is 16.9 Å². The van der Waals surface area contributed by atoms with Crippen molar-refractivity contribution in [2.45, 2.75) is 6.54 Å². The van der Waals surface area contributed by atoms with E-state index in [9.17, 15) is 9.18 Å². The third-order valence-corrected chi connectivity index (χ3v) is 4.11. The molecule has 0 spiro atoms. The van der Waals surface area contributed by atoms with Gasteiger partial charge in [-0.2, -0.15) is 10.2 Å². The first-order valence-corrected chi connectivity index (χ1v) is 8.37. The van der Waals surface area contributed by atoms with Gasteiger partial charge in [0.15, 0.2) is 5.69 Å². The fraction of sp³-hybridized carbons (Fsp3) is 0.0500. The Morgan fingerprint density at radius 2 is 1.96 bits per heavy atom. The molecule has 0 fully saturated rings. The van der Waals surface area contributed by atoms with Gasteiger partial charge in [0.1, 0.15) is 5.82 Å². The smallest absolute Gasteiger partial charge is 0.272 e. The van der Waals surface area contributed by atoms with Gasteiger partial charge in [-0.05, 0) is 41.5 Å². The van der Waals surface area contributed by atoms with Crippen molar-refractivity contribution in [1.29, 1.82) is 0 Å². The average Bonchev–Trinajstić information content (AvgIpc) is 3.38. The number of hydrogen-bond acceptors (Lipinski definition) is 3. The molecule has 0 saturated heterocycles. The standard InChI is InChI=1S/C20H16FN5O/c21-16-2-1-3-17(12-16)26-11-9-19(25-26)20(27)22-13-14-4-6-15(7-5-14)18-8-10-23-24-18/h1-12H,13H2,(H,22,27)(H,23,24). The van der Waals surface area contributed by atoms with Crippen LogP contribution in [0, 0.1) is 5.82 Å². The Hall–Kier alpha value is -3.74. The Morgan fingerprint density at radius 1 is 1.11 bits per heavy atom. The maximum Gasteiger partial charge on any atom is 0.272 e. The van der Waals surface area contributed by atoms with Crippen molar-refractivity contribution in [1.82, 2.24) is 25.3 Å². The largest absolute Gasteiger partial charge is 0.347 e. The number of aromatic amines is 1. The molecule has 0 aliphatic rings. The summed E-state index contributed by atoms with van der Waals surface area (Å²) in [6.07, 6.45) is 3.33. The number of H-pyrrole nitrogens is 1. The molecule has 0 radical (unpaired) electrons. The lowest BCUT2D eigenvalue weighted by Crippen LogP contribution is -2.23. The van der Waals surface area contributed by atoms with E-state index in [1.54, 1.807) is 30.6 Å². The monoisotopic (exact) mass is 361 g/mol.